The van der Waals surface area contributed by atoms with Crippen molar-refractivity contribution < 1.29 is 13.9 Å². The average molecular weight is 566 g/mol. The van der Waals surface area contributed by atoms with E-state index in [2.05, 4.69) is 38.2 Å². The highest BCUT2D eigenvalue weighted by Gasteiger charge is 2.22. The molecule has 1 N–H and O–H groups in total. The van der Waals surface area contributed by atoms with E-state index in [-0.39, 0.29) is 23.6 Å². The number of nitrogens with one attached hydrogen (secondary N) is 1. The number of halogens is 4. The number of hydrogen-bond acceptors (Lipinski definition) is 3. The van der Waals surface area contributed by atoms with E-state index < -0.39 is 11.9 Å². The number of hydrogen-bond donors (Lipinski definition) is 1. The Morgan fingerprint density at radius 2 is 1.73 bits per heavy atom. The van der Waals surface area contributed by atoms with Crippen LogP contribution in [0.3, 0.4) is 0 Å². The molecular formula is C29H32Cl3FN2O2. The minimum atomic E-state index is -0.532. The smallest absolute Gasteiger partial charge is 0.408 e. The van der Waals surface area contributed by atoms with Gasteiger partial charge in [-0.2, -0.15) is 0 Å². The molecule has 0 radical (unpaired) electrons. The topological polar surface area (TPSA) is 41.6 Å². The van der Waals surface area contributed by atoms with Gasteiger partial charge in [0.15, 0.2) is 5.75 Å². The molecule has 4 rings (SSSR count). The van der Waals surface area contributed by atoms with Crippen LogP contribution in [0.15, 0.2) is 54.6 Å². The third-order valence-electron chi connectivity index (χ3n) is 6.38. The molecule has 1 aliphatic rings. The minimum absolute atomic E-state index is 0. The van der Waals surface area contributed by atoms with Crippen molar-refractivity contribution in [2.45, 2.75) is 52.0 Å². The quantitative estimate of drug-likeness (QED) is 0.326. The number of aryl methyl sites for hydroxylation is 1. The molecule has 4 nitrogen and oxygen atoms in total. The van der Waals surface area contributed by atoms with Gasteiger partial charge in [-0.3, -0.25) is 0 Å². The van der Waals surface area contributed by atoms with E-state index in [0.29, 0.717) is 35.2 Å². The van der Waals surface area contributed by atoms with E-state index in [0.717, 1.165) is 36.1 Å². The fourth-order valence-electron chi connectivity index (χ4n) is 4.29. The first-order valence-corrected chi connectivity index (χ1v) is 12.9. The molecule has 0 atom stereocenters. The van der Waals surface area contributed by atoms with Gasteiger partial charge < -0.3 is 15.0 Å². The van der Waals surface area contributed by atoms with Crippen molar-refractivity contribution in [2.75, 3.05) is 18.4 Å². The molecule has 1 heterocycles. The molecule has 0 saturated heterocycles. The molecule has 0 unspecified atom stereocenters. The summed E-state index contributed by atoms with van der Waals surface area (Å²) in [7, 11) is 0. The van der Waals surface area contributed by atoms with E-state index in [4.69, 9.17) is 27.9 Å². The van der Waals surface area contributed by atoms with Crippen LogP contribution in [0.1, 0.15) is 49.4 Å². The molecule has 0 aromatic heterocycles. The van der Waals surface area contributed by atoms with Crippen LogP contribution in [0.5, 0.6) is 5.75 Å². The highest BCUT2D eigenvalue weighted by molar-refractivity contribution is 6.42. The summed E-state index contributed by atoms with van der Waals surface area (Å²) in [6, 6.07) is 16.5. The van der Waals surface area contributed by atoms with Crippen LogP contribution in [0.4, 0.5) is 14.9 Å². The van der Waals surface area contributed by atoms with Crippen molar-refractivity contribution in [3.05, 3.63) is 92.7 Å². The second-order valence-electron chi connectivity index (χ2n) is 10.2. The van der Waals surface area contributed by atoms with Gasteiger partial charge in [-0.25, -0.2) is 9.18 Å². The number of carbonyl (C=O) groups is 1. The van der Waals surface area contributed by atoms with Crippen molar-refractivity contribution in [3.63, 3.8) is 0 Å². The first-order chi connectivity index (χ1) is 17.1. The molecule has 1 amide bonds. The summed E-state index contributed by atoms with van der Waals surface area (Å²) in [4.78, 5) is 15.0. The van der Waals surface area contributed by atoms with Gasteiger partial charge in [-0.15, -0.1) is 12.4 Å². The van der Waals surface area contributed by atoms with E-state index in [1.165, 1.54) is 17.7 Å². The maximum Gasteiger partial charge on any atom is 0.415 e. The van der Waals surface area contributed by atoms with Gasteiger partial charge in [0, 0.05) is 25.7 Å². The van der Waals surface area contributed by atoms with Crippen LogP contribution in [-0.2, 0) is 24.8 Å². The van der Waals surface area contributed by atoms with Crippen LogP contribution in [0.2, 0.25) is 10.0 Å². The Morgan fingerprint density at radius 3 is 2.41 bits per heavy atom. The van der Waals surface area contributed by atoms with Gasteiger partial charge in [0.2, 0.25) is 0 Å². The molecule has 0 fully saturated rings. The first kappa shape index (κ1) is 29.1. The van der Waals surface area contributed by atoms with Gasteiger partial charge in [0.05, 0.1) is 15.7 Å². The van der Waals surface area contributed by atoms with Gasteiger partial charge in [-0.05, 0) is 65.1 Å². The lowest BCUT2D eigenvalue weighted by Gasteiger charge is -2.25. The average Bonchev–Trinajstić information content (AvgIpc) is 2.83. The van der Waals surface area contributed by atoms with E-state index in [9.17, 15) is 9.18 Å². The second-order valence-corrected chi connectivity index (χ2v) is 11.0. The molecule has 198 valence electrons. The number of benzene rings is 3. The molecule has 1 aliphatic heterocycles. The highest BCUT2D eigenvalue weighted by atomic mass is 35.5. The predicted molar refractivity (Wildman–Crippen MR) is 152 cm³/mol. The molecule has 8 heteroatoms. The summed E-state index contributed by atoms with van der Waals surface area (Å²) in [5, 5.41) is 4.21. The largest absolute Gasteiger partial charge is 0.415 e. The SMILES string of the molecule is CC(C)(C)c1ccc(CN(CCc2ccc(Cl)c(Cl)c2)C(=O)Oc2cc(F)cc3c2NCCC3)cc1.Cl. The molecule has 0 spiro atoms. The van der Waals surface area contributed by atoms with E-state index >= 15 is 0 Å². The first-order valence-electron chi connectivity index (χ1n) is 12.2. The minimum Gasteiger partial charge on any atom is -0.408 e. The Labute approximate surface area is 234 Å². The predicted octanol–water partition coefficient (Wildman–Crippen LogP) is 8.45. The molecule has 3 aromatic rings. The molecule has 0 aliphatic carbocycles. The second kappa shape index (κ2) is 12.4. The number of nitrogens with zero attached hydrogens (tertiary/aromatic N) is 1. The Hall–Kier alpha value is -2.47. The van der Waals surface area contributed by atoms with Gasteiger partial charge in [0.25, 0.3) is 0 Å². The summed E-state index contributed by atoms with van der Waals surface area (Å²) >= 11 is 12.2. The summed E-state index contributed by atoms with van der Waals surface area (Å²) in [6.45, 7) is 7.99. The molecule has 0 bridgehead atoms. The maximum absolute atomic E-state index is 14.3. The van der Waals surface area contributed by atoms with Gasteiger partial charge in [-0.1, -0.05) is 74.3 Å². The zero-order valence-corrected chi connectivity index (χ0v) is 23.6. The van der Waals surface area contributed by atoms with Crippen molar-refractivity contribution >= 4 is 47.4 Å². The van der Waals surface area contributed by atoms with Crippen LogP contribution in [0.25, 0.3) is 0 Å². The number of fused-ring (bicyclic) bond motifs is 1. The lowest BCUT2D eigenvalue weighted by Crippen LogP contribution is -2.35. The van der Waals surface area contributed by atoms with Gasteiger partial charge >= 0.3 is 6.09 Å². The molecular weight excluding hydrogens is 534 g/mol. The third-order valence-corrected chi connectivity index (χ3v) is 7.12. The third kappa shape index (κ3) is 7.53. The fourth-order valence-corrected chi connectivity index (χ4v) is 4.61. The Bertz CT molecular complexity index is 1240. The van der Waals surface area contributed by atoms with Crippen LogP contribution in [-0.4, -0.2) is 24.1 Å². The van der Waals surface area contributed by atoms with Crippen LogP contribution < -0.4 is 10.1 Å². The van der Waals surface area contributed by atoms with Crippen molar-refractivity contribution in [1.82, 2.24) is 4.90 Å². The summed E-state index contributed by atoms with van der Waals surface area (Å²) in [5.41, 5.74) is 4.70. The van der Waals surface area contributed by atoms with Crippen molar-refractivity contribution in [2.24, 2.45) is 0 Å². The molecule has 37 heavy (non-hydrogen) atoms. The summed E-state index contributed by atoms with van der Waals surface area (Å²) in [5.74, 6) is -0.197. The van der Waals surface area contributed by atoms with Gasteiger partial charge in [0.1, 0.15) is 5.82 Å². The number of rotatable bonds is 6. The number of ether oxygens (including phenoxy) is 1. The summed E-state index contributed by atoms with van der Waals surface area (Å²) < 4.78 is 20.0. The standard InChI is InChI=1S/C29H31Cl2FN2O2.ClH/c1-29(2,3)22-9-6-20(7-10-22)18-34(14-12-19-8-11-24(30)25(31)15-19)28(35)36-26-17-23(32)16-21-5-4-13-33-27(21)26;/h6-11,15-17,33H,4-5,12-14,18H2,1-3H3;1H. The number of carbonyl (C=O) groups excluding carboxylic acids is 1. The van der Waals surface area contributed by atoms with Crippen LogP contribution in [0, 0.1) is 5.82 Å². The van der Waals surface area contributed by atoms with Crippen molar-refractivity contribution in [3.8, 4) is 5.75 Å². The monoisotopic (exact) mass is 564 g/mol. The summed E-state index contributed by atoms with van der Waals surface area (Å²) in [6.07, 6.45) is 1.68. The molecule has 3 aromatic carbocycles. The van der Waals surface area contributed by atoms with E-state index in [1.807, 2.05) is 18.2 Å². The molecule has 0 saturated carbocycles. The lowest BCUT2D eigenvalue weighted by atomic mass is 9.87. The van der Waals surface area contributed by atoms with E-state index in [1.54, 1.807) is 17.0 Å². The van der Waals surface area contributed by atoms with Crippen molar-refractivity contribution in [1.29, 1.82) is 0 Å². The zero-order chi connectivity index (χ0) is 25.9. The number of anilines is 1. The fraction of sp³-hybridized carbons (Fsp3) is 0.345. The number of amides is 1. The Kier molecular flexibility index (Phi) is 9.74. The normalized spacial score (nSPS) is 12.7. The highest BCUT2D eigenvalue weighted by Crippen LogP contribution is 2.34. The zero-order valence-electron chi connectivity index (χ0n) is 21.2. The Balaban J connectivity index is 0.00000380. The van der Waals surface area contributed by atoms with Crippen LogP contribution >= 0.6 is 35.6 Å². The lowest BCUT2D eigenvalue weighted by molar-refractivity contribution is 0.150. The Morgan fingerprint density at radius 1 is 1.03 bits per heavy atom. The maximum atomic E-state index is 14.3.